The van der Waals surface area contributed by atoms with Crippen molar-refractivity contribution in [1.29, 1.82) is 0 Å². The lowest BCUT2D eigenvalue weighted by atomic mass is 10.1. The molecule has 1 nitrogen and oxygen atoms in total. The van der Waals surface area contributed by atoms with E-state index in [0.29, 0.717) is 0 Å². The van der Waals surface area contributed by atoms with Crippen molar-refractivity contribution in [3.63, 3.8) is 0 Å². The summed E-state index contributed by atoms with van der Waals surface area (Å²) in [6, 6.07) is 33.3. The van der Waals surface area contributed by atoms with Crippen molar-refractivity contribution in [2.75, 3.05) is 6.54 Å². The molecule has 3 aromatic rings. The molecular weight excluding hydrogens is 470 g/mol. The first-order valence-electron chi connectivity index (χ1n) is 15.9. The first kappa shape index (κ1) is 30.9. The molecule has 0 radical (unpaired) electrons. The number of quaternary nitrogens is 1. The van der Waals surface area contributed by atoms with Crippen LogP contribution in [-0.2, 0) is 19.6 Å². The average molecular weight is 525 g/mol. The minimum Gasteiger partial charge on any atom is -0.312 e. The maximum absolute atomic E-state index is 2.45. The Bertz CT molecular complexity index is 891. The molecule has 0 amide bonds. The number of hydrogen-bond acceptors (Lipinski definition) is 0. The molecule has 0 heterocycles. The summed E-state index contributed by atoms with van der Waals surface area (Å²) in [4.78, 5) is 0. The molecule has 0 fully saturated rings. The number of hydrogen-bond donors (Lipinski definition) is 0. The summed E-state index contributed by atoms with van der Waals surface area (Å²) in [6.07, 6.45) is 22.7. The topological polar surface area (TPSA) is 0 Å². The van der Waals surface area contributed by atoms with E-state index in [4.69, 9.17) is 0 Å². The van der Waals surface area contributed by atoms with Crippen LogP contribution < -0.4 is 0 Å². The molecule has 0 N–H and O–H groups in total. The predicted octanol–water partition coefficient (Wildman–Crippen LogP) is 11.1. The number of unbranched alkanes of at least 4 members (excludes halogenated alkanes) is 11. The second-order valence-electron chi connectivity index (χ2n) is 11.6. The summed E-state index contributed by atoms with van der Waals surface area (Å²) in [5, 5.41) is 0. The molecule has 0 aliphatic rings. The third-order valence-electron chi connectivity index (χ3n) is 7.98. The first-order valence-corrected chi connectivity index (χ1v) is 15.9. The Balaban J connectivity index is 1.49. The van der Waals surface area contributed by atoms with Crippen LogP contribution in [0.2, 0.25) is 0 Å². The van der Waals surface area contributed by atoms with Gasteiger partial charge in [-0.15, -0.1) is 0 Å². The van der Waals surface area contributed by atoms with Crippen molar-refractivity contribution in [2.45, 2.75) is 110 Å². The van der Waals surface area contributed by atoms with E-state index in [1.54, 1.807) is 0 Å². The molecule has 0 saturated carbocycles. The highest BCUT2D eigenvalue weighted by atomic mass is 15.3. The van der Waals surface area contributed by atoms with Crippen molar-refractivity contribution < 1.29 is 4.48 Å². The van der Waals surface area contributed by atoms with Gasteiger partial charge in [-0.2, -0.15) is 0 Å². The van der Waals surface area contributed by atoms with Gasteiger partial charge in [-0.25, -0.2) is 0 Å². The van der Waals surface area contributed by atoms with Crippen LogP contribution in [0.5, 0.6) is 0 Å². The number of allylic oxidation sites excluding steroid dienone is 2. The van der Waals surface area contributed by atoms with Crippen LogP contribution in [0, 0.1) is 0 Å². The molecule has 0 unspecified atom stereocenters. The van der Waals surface area contributed by atoms with E-state index < -0.39 is 0 Å². The van der Waals surface area contributed by atoms with Crippen LogP contribution in [0.1, 0.15) is 107 Å². The number of benzene rings is 3. The first-order chi connectivity index (χ1) is 19.3. The summed E-state index contributed by atoms with van der Waals surface area (Å²) in [5.41, 5.74) is 4.29. The molecule has 0 aromatic heterocycles. The van der Waals surface area contributed by atoms with Gasteiger partial charge in [0.15, 0.2) is 0 Å². The van der Waals surface area contributed by atoms with Gasteiger partial charge in [-0.3, -0.25) is 0 Å². The largest absolute Gasteiger partial charge is 0.312 e. The van der Waals surface area contributed by atoms with Gasteiger partial charge in [0.1, 0.15) is 19.6 Å². The van der Waals surface area contributed by atoms with Crippen molar-refractivity contribution in [3.8, 4) is 0 Å². The Morgan fingerprint density at radius 1 is 0.436 bits per heavy atom. The minimum absolute atomic E-state index is 1.06. The van der Waals surface area contributed by atoms with Crippen LogP contribution in [-0.4, -0.2) is 11.0 Å². The van der Waals surface area contributed by atoms with Crippen molar-refractivity contribution >= 4 is 0 Å². The van der Waals surface area contributed by atoms with Gasteiger partial charge >= 0.3 is 0 Å². The van der Waals surface area contributed by atoms with Crippen LogP contribution in [0.3, 0.4) is 0 Å². The Kier molecular flexibility index (Phi) is 15.4. The molecule has 0 spiro atoms. The minimum atomic E-state index is 1.06. The zero-order valence-corrected chi connectivity index (χ0v) is 24.8. The molecule has 39 heavy (non-hydrogen) atoms. The molecule has 210 valence electrons. The fourth-order valence-corrected chi connectivity index (χ4v) is 5.85. The van der Waals surface area contributed by atoms with Gasteiger partial charge in [0.05, 0.1) is 6.54 Å². The van der Waals surface area contributed by atoms with Crippen molar-refractivity contribution in [2.24, 2.45) is 0 Å². The highest BCUT2D eigenvalue weighted by Gasteiger charge is 2.28. The maximum atomic E-state index is 2.45. The van der Waals surface area contributed by atoms with E-state index in [0.717, 1.165) is 24.1 Å². The summed E-state index contributed by atoms with van der Waals surface area (Å²) in [5.74, 6) is 0. The molecule has 3 rings (SSSR count). The van der Waals surface area contributed by atoms with Gasteiger partial charge < -0.3 is 4.48 Å². The number of nitrogens with zero attached hydrogens (tertiary/aromatic N) is 1. The van der Waals surface area contributed by atoms with Gasteiger partial charge in [-0.05, 0) is 19.3 Å². The standard InChI is InChI=1S/C38H54N/c1-2-3-4-5-6-7-8-9-10-11-12-13-14-15-25-32-39(33-36-26-19-16-20-27-36,34-37-28-21-17-22-29-37)35-38-30-23-18-24-31-38/h13-14,16-24,26-31H,2-12,15,25,32-35H2,1H3/q+1/b14-13+. The van der Waals surface area contributed by atoms with E-state index in [1.807, 2.05) is 0 Å². The molecule has 0 atom stereocenters. The molecule has 3 aromatic carbocycles. The van der Waals surface area contributed by atoms with Crippen LogP contribution >= 0.6 is 0 Å². The van der Waals surface area contributed by atoms with Gasteiger partial charge in [0.25, 0.3) is 0 Å². The Morgan fingerprint density at radius 3 is 1.21 bits per heavy atom. The summed E-state index contributed by atoms with van der Waals surface area (Å²) >= 11 is 0. The van der Waals surface area contributed by atoms with Crippen LogP contribution in [0.25, 0.3) is 0 Å². The second kappa shape index (κ2) is 19.4. The van der Waals surface area contributed by atoms with Crippen molar-refractivity contribution in [1.82, 2.24) is 0 Å². The van der Waals surface area contributed by atoms with E-state index >= 15 is 0 Å². The van der Waals surface area contributed by atoms with Gasteiger partial charge in [0, 0.05) is 23.1 Å². The van der Waals surface area contributed by atoms with E-state index in [-0.39, 0.29) is 0 Å². The number of rotatable bonds is 21. The quantitative estimate of drug-likeness (QED) is 0.0738. The summed E-state index contributed by atoms with van der Waals surface area (Å²) in [6.45, 7) is 6.67. The molecule has 0 aliphatic carbocycles. The highest BCUT2D eigenvalue weighted by Crippen LogP contribution is 2.25. The predicted molar refractivity (Wildman–Crippen MR) is 170 cm³/mol. The van der Waals surface area contributed by atoms with E-state index in [1.165, 1.54) is 107 Å². The Morgan fingerprint density at radius 2 is 0.795 bits per heavy atom. The third-order valence-corrected chi connectivity index (χ3v) is 7.98. The van der Waals surface area contributed by atoms with Crippen LogP contribution in [0.15, 0.2) is 103 Å². The zero-order chi connectivity index (χ0) is 27.3. The summed E-state index contributed by atoms with van der Waals surface area (Å²) in [7, 11) is 0. The summed E-state index contributed by atoms with van der Waals surface area (Å²) < 4.78 is 1.06. The normalized spacial score (nSPS) is 11.8. The fourth-order valence-electron chi connectivity index (χ4n) is 5.85. The lowest BCUT2D eigenvalue weighted by Crippen LogP contribution is -2.46. The molecule has 1 heteroatoms. The SMILES string of the molecule is CCCCCCCCCCCC/C=C/CCC[N+](Cc1ccccc1)(Cc1ccccc1)Cc1ccccc1. The van der Waals surface area contributed by atoms with E-state index in [2.05, 4.69) is 110 Å². The lowest BCUT2D eigenvalue weighted by Gasteiger charge is -2.39. The van der Waals surface area contributed by atoms with E-state index in [9.17, 15) is 0 Å². The Hall–Kier alpha value is -2.64. The molecule has 0 saturated heterocycles. The van der Waals surface area contributed by atoms with Crippen LogP contribution in [0.4, 0.5) is 0 Å². The monoisotopic (exact) mass is 524 g/mol. The van der Waals surface area contributed by atoms with Crippen molar-refractivity contribution in [3.05, 3.63) is 120 Å². The molecule has 0 aliphatic heterocycles. The zero-order valence-electron chi connectivity index (χ0n) is 24.8. The van der Waals surface area contributed by atoms with Gasteiger partial charge in [0.2, 0.25) is 0 Å². The second-order valence-corrected chi connectivity index (χ2v) is 11.6. The average Bonchev–Trinajstić information content (AvgIpc) is 2.97. The lowest BCUT2D eigenvalue weighted by molar-refractivity contribution is -0.966. The maximum Gasteiger partial charge on any atom is 0.105 e. The Labute approximate surface area is 240 Å². The molecular formula is C38H54N+. The third kappa shape index (κ3) is 13.3. The highest BCUT2D eigenvalue weighted by molar-refractivity contribution is 5.17. The fraction of sp³-hybridized carbons (Fsp3) is 0.474. The smallest absolute Gasteiger partial charge is 0.105 e. The van der Waals surface area contributed by atoms with Gasteiger partial charge in [-0.1, -0.05) is 168 Å². The molecule has 0 bridgehead atoms.